The van der Waals surface area contributed by atoms with Crippen LogP contribution in [0.3, 0.4) is 0 Å². The van der Waals surface area contributed by atoms with E-state index in [1.807, 2.05) is 48.5 Å². The van der Waals surface area contributed by atoms with Crippen molar-refractivity contribution >= 4 is 21.8 Å². The van der Waals surface area contributed by atoms with Gasteiger partial charge in [0.2, 0.25) is 0 Å². The predicted octanol–water partition coefficient (Wildman–Crippen LogP) is 4.91. The van der Waals surface area contributed by atoms with Gasteiger partial charge >= 0.3 is 0 Å². The van der Waals surface area contributed by atoms with E-state index in [4.69, 9.17) is 4.74 Å². The van der Waals surface area contributed by atoms with E-state index in [0.717, 1.165) is 10.0 Å². The SMILES string of the molecule is CN(Cc1ccncc1)C(=O)c1ccccc1Oc1cccc(Br)c1. The Labute approximate surface area is 155 Å². The number of halogens is 1. The number of para-hydroxylation sites is 1. The van der Waals surface area contributed by atoms with Crippen molar-refractivity contribution in [3.63, 3.8) is 0 Å². The molecule has 0 N–H and O–H groups in total. The smallest absolute Gasteiger partial charge is 0.257 e. The summed E-state index contributed by atoms with van der Waals surface area (Å²) in [5.41, 5.74) is 1.55. The molecule has 0 atom stereocenters. The average Bonchev–Trinajstić information content (AvgIpc) is 2.62. The third kappa shape index (κ3) is 4.45. The van der Waals surface area contributed by atoms with Crippen LogP contribution in [0.25, 0.3) is 0 Å². The Morgan fingerprint density at radius 1 is 1.08 bits per heavy atom. The molecule has 3 aromatic rings. The minimum atomic E-state index is -0.0950. The van der Waals surface area contributed by atoms with E-state index in [1.165, 1.54) is 0 Å². The molecule has 1 aromatic heterocycles. The highest BCUT2D eigenvalue weighted by molar-refractivity contribution is 9.10. The number of carbonyl (C=O) groups is 1. The molecule has 0 fully saturated rings. The number of nitrogens with zero attached hydrogens (tertiary/aromatic N) is 2. The van der Waals surface area contributed by atoms with Crippen molar-refractivity contribution in [1.29, 1.82) is 0 Å². The van der Waals surface area contributed by atoms with Crippen molar-refractivity contribution < 1.29 is 9.53 Å². The number of amides is 1. The third-order valence-corrected chi connectivity index (χ3v) is 4.15. The molecule has 0 aliphatic carbocycles. The molecule has 0 radical (unpaired) electrons. The lowest BCUT2D eigenvalue weighted by Crippen LogP contribution is -2.26. The molecule has 0 unspecified atom stereocenters. The van der Waals surface area contributed by atoms with E-state index in [1.54, 1.807) is 36.5 Å². The summed E-state index contributed by atoms with van der Waals surface area (Å²) in [7, 11) is 1.78. The minimum Gasteiger partial charge on any atom is -0.456 e. The molecule has 1 amide bonds. The maximum atomic E-state index is 12.8. The molecule has 126 valence electrons. The molecular weight excluding hydrogens is 380 g/mol. The first-order chi connectivity index (χ1) is 12.1. The first-order valence-electron chi connectivity index (χ1n) is 7.80. The Morgan fingerprint density at radius 3 is 2.60 bits per heavy atom. The number of pyridine rings is 1. The number of ether oxygens (including phenoxy) is 1. The van der Waals surface area contributed by atoms with Crippen LogP contribution < -0.4 is 4.74 Å². The fraction of sp³-hybridized carbons (Fsp3) is 0.100. The molecule has 2 aromatic carbocycles. The summed E-state index contributed by atoms with van der Waals surface area (Å²) >= 11 is 3.42. The summed E-state index contributed by atoms with van der Waals surface area (Å²) in [5, 5.41) is 0. The van der Waals surface area contributed by atoms with Crippen LogP contribution in [0.15, 0.2) is 77.5 Å². The molecule has 3 rings (SSSR count). The number of aromatic nitrogens is 1. The fourth-order valence-corrected chi connectivity index (χ4v) is 2.81. The van der Waals surface area contributed by atoms with Gasteiger partial charge in [-0.15, -0.1) is 0 Å². The van der Waals surface area contributed by atoms with Crippen LogP contribution in [0.2, 0.25) is 0 Å². The second-order valence-electron chi connectivity index (χ2n) is 5.57. The standard InChI is InChI=1S/C20H17BrN2O2/c1-23(14-15-9-11-22-12-10-15)20(24)18-7-2-3-8-19(18)25-17-6-4-5-16(21)13-17/h2-13H,14H2,1H3. The molecule has 0 bridgehead atoms. The molecule has 25 heavy (non-hydrogen) atoms. The summed E-state index contributed by atoms with van der Waals surface area (Å²) < 4.78 is 6.84. The van der Waals surface area contributed by atoms with Crippen molar-refractivity contribution in [1.82, 2.24) is 9.88 Å². The second kappa shape index (κ2) is 7.94. The van der Waals surface area contributed by atoms with Crippen LogP contribution in [-0.4, -0.2) is 22.8 Å². The largest absolute Gasteiger partial charge is 0.456 e. The molecule has 5 heteroatoms. The van der Waals surface area contributed by atoms with Crippen molar-refractivity contribution in [3.8, 4) is 11.5 Å². The first-order valence-corrected chi connectivity index (χ1v) is 8.59. The highest BCUT2D eigenvalue weighted by atomic mass is 79.9. The molecule has 0 saturated carbocycles. The lowest BCUT2D eigenvalue weighted by Gasteiger charge is -2.19. The van der Waals surface area contributed by atoms with Gasteiger partial charge in [0, 0.05) is 30.5 Å². The van der Waals surface area contributed by atoms with Crippen molar-refractivity contribution in [2.45, 2.75) is 6.54 Å². The molecule has 0 saturated heterocycles. The Kier molecular flexibility index (Phi) is 5.46. The summed E-state index contributed by atoms with van der Waals surface area (Å²) in [4.78, 5) is 18.5. The van der Waals surface area contributed by atoms with Crippen LogP contribution in [0, 0.1) is 0 Å². The molecule has 1 heterocycles. The van der Waals surface area contributed by atoms with E-state index < -0.39 is 0 Å². The van der Waals surface area contributed by atoms with Gasteiger partial charge in [-0.2, -0.15) is 0 Å². The molecule has 4 nitrogen and oxygen atoms in total. The number of carbonyl (C=O) groups excluding carboxylic acids is 1. The first kappa shape index (κ1) is 17.2. The van der Waals surface area contributed by atoms with Gasteiger partial charge in [-0.1, -0.05) is 34.1 Å². The van der Waals surface area contributed by atoms with Crippen LogP contribution in [0.5, 0.6) is 11.5 Å². The Hall–Kier alpha value is -2.66. The van der Waals surface area contributed by atoms with Gasteiger partial charge in [0.25, 0.3) is 5.91 Å². The fourth-order valence-electron chi connectivity index (χ4n) is 2.43. The number of rotatable bonds is 5. The van der Waals surface area contributed by atoms with E-state index in [2.05, 4.69) is 20.9 Å². The van der Waals surface area contributed by atoms with Gasteiger partial charge in [0.05, 0.1) is 5.56 Å². The molecular formula is C20H17BrN2O2. The molecule has 0 aliphatic rings. The Bertz CT molecular complexity index is 868. The summed E-state index contributed by atoms with van der Waals surface area (Å²) in [6.45, 7) is 0.507. The minimum absolute atomic E-state index is 0.0950. The molecule has 0 aliphatic heterocycles. The number of benzene rings is 2. The maximum absolute atomic E-state index is 12.8. The topological polar surface area (TPSA) is 42.4 Å². The van der Waals surface area contributed by atoms with Crippen molar-refractivity contribution in [2.75, 3.05) is 7.05 Å². The van der Waals surface area contributed by atoms with E-state index in [0.29, 0.717) is 23.6 Å². The van der Waals surface area contributed by atoms with Crippen molar-refractivity contribution in [2.24, 2.45) is 0 Å². The summed E-state index contributed by atoms with van der Waals surface area (Å²) in [6.07, 6.45) is 3.44. The average molecular weight is 397 g/mol. The monoisotopic (exact) mass is 396 g/mol. The van der Waals surface area contributed by atoms with Gasteiger partial charge in [0.1, 0.15) is 11.5 Å². The maximum Gasteiger partial charge on any atom is 0.257 e. The van der Waals surface area contributed by atoms with Crippen molar-refractivity contribution in [3.05, 3.63) is 88.7 Å². The van der Waals surface area contributed by atoms with Gasteiger partial charge < -0.3 is 9.64 Å². The normalized spacial score (nSPS) is 10.3. The zero-order chi connectivity index (χ0) is 17.6. The number of hydrogen-bond acceptors (Lipinski definition) is 3. The zero-order valence-corrected chi connectivity index (χ0v) is 15.3. The van der Waals surface area contributed by atoms with Crippen LogP contribution >= 0.6 is 15.9 Å². The van der Waals surface area contributed by atoms with Gasteiger partial charge in [-0.25, -0.2) is 0 Å². The highest BCUT2D eigenvalue weighted by Gasteiger charge is 2.17. The Balaban J connectivity index is 1.81. The van der Waals surface area contributed by atoms with Gasteiger partial charge in [0.15, 0.2) is 0 Å². The summed E-state index contributed by atoms with van der Waals surface area (Å²) in [6, 6.07) is 18.6. The third-order valence-electron chi connectivity index (χ3n) is 3.66. The van der Waals surface area contributed by atoms with Crippen LogP contribution in [0.1, 0.15) is 15.9 Å². The Morgan fingerprint density at radius 2 is 1.84 bits per heavy atom. The second-order valence-corrected chi connectivity index (χ2v) is 6.49. The molecule has 0 spiro atoms. The van der Waals surface area contributed by atoms with E-state index in [9.17, 15) is 4.79 Å². The van der Waals surface area contributed by atoms with E-state index in [-0.39, 0.29) is 5.91 Å². The van der Waals surface area contributed by atoms with E-state index >= 15 is 0 Å². The van der Waals surface area contributed by atoms with Gasteiger partial charge in [-0.3, -0.25) is 9.78 Å². The summed E-state index contributed by atoms with van der Waals surface area (Å²) in [5.74, 6) is 1.11. The predicted molar refractivity (Wildman–Crippen MR) is 101 cm³/mol. The number of hydrogen-bond donors (Lipinski definition) is 0. The van der Waals surface area contributed by atoms with Gasteiger partial charge in [-0.05, 0) is 48.0 Å². The quantitative estimate of drug-likeness (QED) is 0.615. The van der Waals surface area contributed by atoms with Crippen LogP contribution in [0.4, 0.5) is 0 Å². The van der Waals surface area contributed by atoms with Crippen LogP contribution in [-0.2, 0) is 6.54 Å². The lowest BCUT2D eigenvalue weighted by atomic mass is 10.1. The zero-order valence-electron chi connectivity index (χ0n) is 13.7. The highest BCUT2D eigenvalue weighted by Crippen LogP contribution is 2.28. The lowest BCUT2D eigenvalue weighted by molar-refractivity contribution is 0.0782.